The molecule has 0 rings (SSSR count). The third-order valence-electron chi connectivity index (χ3n) is 6.33. The number of hydrogen-bond donors (Lipinski definition) is 0. The van der Waals surface area contributed by atoms with Crippen molar-refractivity contribution in [2.45, 2.75) is 128 Å². The Kier molecular flexibility index (Phi) is 20.8. The van der Waals surface area contributed by atoms with E-state index >= 15 is 0 Å². The van der Waals surface area contributed by atoms with E-state index in [0.717, 1.165) is 3.93 Å². The van der Waals surface area contributed by atoms with Crippen LogP contribution in [0.15, 0.2) is 12.3 Å². The summed E-state index contributed by atoms with van der Waals surface area (Å²) in [6.07, 6.45) is 22.7. The van der Waals surface area contributed by atoms with Crippen LogP contribution in [0, 0.1) is 0 Å². The van der Waals surface area contributed by atoms with Gasteiger partial charge in [0.15, 0.2) is 0 Å². The van der Waals surface area contributed by atoms with Crippen molar-refractivity contribution in [3.63, 3.8) is 0 Å². The van der Waals surface area contributed by atoms with E-state index in [9.17, 15) is 0 Å². The summed E-state index contributed by atoms with van der Waals surface area (Å²) in [5, 5.41) is 0. The van der Waals surface area contributed by atoms with Crippen LogP contribution >= 0.6 is 0 Å². The summed E-state index contributed by atoms with van der Waals surface area (Å²) in [5.41, 5.74) is 0. The summed E-state index contributed by atoms with van der Waals surface area (Å²) in [6, 6.07) is 0. The van der Waals surface area contributed by atoms with Gasteiger partial charge in [0.25, 0.3) is 0 Å². The number of ether oxygens (including phenoxy) is 2. The number of unbranched alkanes of at least 4 members (excludes halogenated alkanes) is 8. The van der Waals surface area contributed by atoms with Gasteiger partial charge in [0.05, 0.1) is 0 Å². The fraction of sp³-hybridized carbons (Fsp3) is 0.920. The summed E-state index contributed by atoms with van der Waals surface area (Å²) >= 11 is -2.25. The molecule has 0 amide bonds. The van der Waals surface area contributed by atoms with Crippen LogP contribution in [0.25, 0.3) is 0 Å². The maximum atomic E-state index is 5.61. The first-order valence-electron chi connectivity index (χ1n) is 12.5. The van der Waals surface area contributed by atoms with E-state index in [1.54, 1.807) is 20.4 Å². The first-order valence-corrected chi connectivity index (χ1v) is 20.2. The minimum atomic E-state index is -2.25. The van der Waals surface area contributed by atoms with Crippen LogP contribution in [0.4, 0.5) is 0 Å². The molecule has 28 heavy (non-hydrogen) atoms. The van der Waals surface area contributed by atoms with Gasteiger partial charge in [0, 0.05) is 0 Å². The molecule has 0 saturated heterocycles. The van der Waals surface area contributed by atoms with Gasteiger partial charge in [-0.1, -0.05) is 0 Å². The summed E-state index contributed by atoms with van der Waals surface area (Å²) in [4.78, 5) is 0. The molecule has 3 heteroatoms. The number of rotatable bonds is 21. The molecule has 0 fully saturated rings. The van der Waals surface area contributed by atoms with E-state index in [1.807, 2.05) is 6.26 Å². The van der Waals surface area contributed by atoms with Crippen molar-refractivity contribution in [3.8, 4) is 0 Å². The van der Waals surface area contributed by atoms with Gasteiger partial charge in [-0.3, -0.25) is 0 Å². The third kappa shape index (κ3) is 13.5. The monoisotopic (exact) mass is 504 g/mol. The van der Waals surface area contributed by atoms with Crippen molar-refractivity contribution >= 4 is 18.4 Å². The summed E-state index contributed by atoms with van der Waals surface area (Å²) in [5.74, 6) is 0. The molecule has 168 valence electrons. The summed E-state index contributed by atoms with van der Waals surface area (Å²) < 4.78 is 16.3. The SMILES string of the molecule is CCCCCCCC[CH](/C=C\OCOC)[Sn]([CH2]CCC)([CH2]CCC)[CH2]CCC. The van der Waals surface area contributed by atoms with Gasteiger partial charge in [0.1, 0.15) is 0 Å². The molecule has 0 radical (unpaired) electrons. The quantitative estimate of drug-likeness (QED) is 0.0673. The first-order chi connectivity index (χ1) is 13.7. The van der Waals surface area contributed by atoms with Crippen LogP contribution in [-0.4, -0.2) is 32.3 Å². The van der Waals surface area contributed by atoms with Crippen LogP contribution < -0.4 is 0 Å². The zero-order chi connectivity index (χ0) is 20.9. The summed E-state index contributed by atoms with van der Waals surface area (Å²) in [7, 11) is 1.70. The fourth-order valence-corrected chi connectivity index (χ4v) is 22.6. The molecule has 0 aromatic carbocycles. The Labute approximate surface area is 182 Å². The van der Waals surface area contributed by atoms with Gasteiger partial charge >= 0.3 is 183 Å². The van der Waals surface area contributed by atoms with Crippen LogP contribution in [0.5, 0.6) is 0 Å². The zero-order valence-corrected chi connectivity index (χ0v) is 22.9. The second kappa shape index (κ2) is 20.6. The van der Waals surface area contributed by atoms with Crippen molar-refractivity contribution < 1.29 is 9.47 Å². The standard InChI is InChI=1S/C13H25O2.3C4H9.Sn/c1-3-4-5-6-7-8-9-10-11-12-15-13-14-2;3*1-3-4-2;/h10-12H,3-9,13H2,1-2H3;3*1,3-4H2,2H3;/b12-11-;;;;. The Balaban J connectivity index is 5.21. The summed E-state index contributed by atoms with van der Waals surface area (Å²) in [6.45, 7) is 9.80. The predicted molar refractivity (Wildman–Crippen MR) is 129 cm³/mol. The van der Waals surface area contributed by atoms with E-state index in [2.05, 4.69) is 33.8 Å². The van der Waals surface area contributed by atoms with Crippen LogP contribution in [0.3, 0.4) is 0 Å². The molecule has 2 nitrogen and oxygen atoms in total. The van der Waals surface area contributed by atoms with E-state index in [4.69, 9.17) is 9.47 Å². The van der Waals surface area contributed by atoms with E-state index in [-0.39, 0.29) is 0 Å². The third-order valence-corrected chi connectivity index (χ3v) is 23.7. The maximum absolute atomic E-state index is 5.61. The Bertz CT molecular complexity index is 322. The number of hydrogen-bond acceptors (Lipinski definition) is 2. The van der Waals surface area contributed by atoms with Crippen molar-refractivity contribution in [1.82, 2.24) is 0 Å². The Morgan fingerprint density at radius 3 is 1.68 bits per heavy atom. The Morgan fingerprint density at radius 2 is 1.18 bits per heavy atom. The van der Waals surface area contributed by atoms with Crippen molar-refractivity contribution in [3.05, 3.63) is 12.3 Å². The topological polar surface area (TPSA) is 18.5 Å². The van der Waals surface area contributed by atoms with Crippen LogP contribution in [-0.2, 0) is 9.47 Å². The van der Waals surface area contributed by atoms with Crippen molar-refractivity contribution in [2.24, 2.45) is 0 Å². The molecule has 0 aliphatic carbocycles. The number of methoxy groups -OCH3 is 1. The minimum absolute atomic E-state index is 0.377. The molecule has 0 spiro atoms. The molecular formula is C25H52O2Sn. The second-order valence-electron chi connectivity index (χ2n) is 8.74. The van der Waals surface area contributed by atoms with E-state index < -0.39 is 18.4 Å². The van der Waals surface area contributed by atoms with Gasteiger partial charge in [-0.05, 0) is 0 Å². The molecule has 0 aromatic rings. The van der Waals surface area contributed by atoms with Gasteiger partial charge in [-0.25, -0.2) is 0 Å². The molecule has 0 aliphatic rings. The zero-order valence-electron chi connectivity index (χ0n) is 20.1. The van der Waals surface area contributed by atoms with E-state index in [0.29, 0.717) is 6.79 Å². The van der Waals surface area contributed by atoms with Gasteiger partial charge in [0.2, 0.25) is 0 Å². The van der Waals surface area contributed by atoms with Crippen LogP contribution in [0.2, 0.25) is 17.2 Å². The van der Waals surface area contributed by atoms with Crippen molar-refractivity contribution in [2.75, 3.05) is 13.9 Å². The van der Waals surface area contributed by atoms with Crippen molar-refractivity contribution in [1.29, 1.82) is 0 Å². The molecule has 0 saturated carbocycles. The molecule has 0 aliphatic heterocycles. The number of allylic oxidation sites excluding steroid dienone is 1. The van der Waals surface area contributed by atoms with Gasteiger partial charge in [-0.2, -0.15) is 0 Å². The molecule has 1 unspecified atom stereocenters. The Hall–Kier alpha value is 0.299. The molecular weight excluding hydrogens is 451 g/mol. The molecule has 1 atom stereocenters. The molecule has 0 bridgehead atoms. The Morgan fingerprint density at radius 1 is 0.679 bits per heavy atom. The normalized spacial score (nSPS) is 13.3. The molecule has 0 heterocycles. The van der Waals surface area contributed by atoms with Crippen LogP contribution in [0.1, 0.15) is 111 Å². The van der Waals surface area contributed by atoms with Gasteiger partial charge in [-0.15, -0.1) is 0 Å². The average molecular weight is 503 g/mol. The molecule has 0 aromatic heterocycles. The molecule has 0 N–H and O–H groups in total. The fourth-order valence-electron chi connectivity index (χ4n) is 4.53. The predicted octanol–water partition coefficient (Wildman–Crippen LogP) is 9.09. The first kappa shape index (κ1) is 28.3. The second-order valence-corrected chi connectivity index (χ2v) is 22.9. The van der Waals surface area contributed by atoms with Gasteiger partial charge < -0.3 is 0 Å². The average Bonchev–Trinajstić information content (AvgIpc) is 2.72. The van der Waals surface area contributed by atoms with E-state index in [1.165, 1.54) is 83.5 Å².